The number of aliphatic carboxylic acids is 1. The van der Waals surface area contributed by atoms with Gasteiger partial charge >= 0.3 is 5.97 Å². The zero-order chi connectivity index (χ0) is 14.7. The van der Waals surface area contributed by atoms with Gasteiger partial charge in [-0.2, -0.15) is 0 Å². The van der Waals surface area contributed by atoms with Gasteiger partial charge in [0, 0.05) is 25.7 Å². The summed E-state index contributed by atoms with van der Waals surface area (Å²) in [6.45, 7) is 3.95. The minimum absolute atomic E-state index is 0.187. The van der Waals surface area contributed by atoms with Crippen molar-refractivity contribution in [3.8, 4) is 0 Å². The molecule has 2 heterocycles. The molecule has 1 aromatic rings. The van der Waals surface area contributed by atoms with E-state index in [-0.39, 0.29) is 18.1 Å². The molecule has 20 heavy (non-hydrogen) atoms. The summed E-state index contributed by atoms with van der Waals surface area (Å²) in [6, 6.07) is 0.349. The Balaban J connectivity index is 2.03. The molecule has 0 aliphatic carbocycles. The predicted octanol–water partition coefficient (Wildman–Crippen LogP) is -0.471. The molecule has 1 aliphatic rings. The van der Waals surface area contributed by atoms with Crippen LogP contribution < -0.4 is 0 Å². The van der Waals surface area contributed by atoms with Gasteiger partial charge in [-0.3, -0.25) is 14.5 Å². The summed E-state index contributed by atoms with van der Waals surface area (Å²) in [4.78, 5) is 26.9. The Morgan fingerprint density at radius 2 is 2.20 bits per heavy atom. The van der Waals surface area contributed by atoms with Crippen molar-refractivity contribution >= 4 is 11.9 Å². The first-order valence-electron chi connectivity index (χ1n) is 6.62. The van der Waals surface area contributed by atoms with Crippen LogP contribution in [0.1, 0.15) is 23.8 Å². The lowest BCUT2D eigenvalue weighted by molar-refractivity contribution is -0.137. The lowest BCUT2D eigenvalue weighted by Gasteiger charge is -2.38. The standard InChI is InChI=1S/C12H19N5O3/c1-3-9-6-16(5-4-15(9)2)12(20)10-7-17(14-13-10)8-11(18)19/h7,9H,3-6,8H2,1-2H3,(H,18,19). The van der Waals surface area contributed by atoms with Gasteiger partial charge in [-0.15, -0.1) is 5.10 Å². The third kappa shape index (κ3) is 3.13. The molecule has 1 atom stereocenters. The average Bonchev–Trinajstić information content (AvgIpc) is 2.86. The van der Waals surface area contributed by atoms with Crippen molar-refractivity contribution < 1.29 is 14.7 Å². The van der Waals surface area contributed by atoms with E-state index in [2.05, 4.69) is 29.2 Å². The number of piperazine rings is 1. The number of carbonyl (C=O) groups excluding carboxylic acids is 1. The first-order chi connectivity index (χ1) is 9.51. The van der Waals surface area contributed by atoms with Crippen molar-refractivity contribution in [3.05, 3.63) is 11.9 Å². The first-order valence-corrected chi connectivity index (χ1v) is 6.62. The summed E-state index contributed by atoms with van der Waals surface area (Å²) in [7, 11) is 2.05. The van der Waals surface area contributed by atoms with Crippen LogP contribution in [0, 0.1) is 0 Å². The lowest BCUT2D eigenvalue weighted by atomic mass is 10.1. The lowest BCUT2D eigenvalue weighted by Crippen LogP contribution is -2.53. The Labute approximate surface area is 117 Å². The van der Waals surface area contributed by atoms with Gasteiger partial charge in [0.2, 0.25) is 0 Å². The Morgan fingerprint density at radius 3 is 2.85 bits per heavy atom. The molecule has 0 bridgehead atoms. The smallest absolute Gasteiger partial charge is 0.325 e. The highest BCUT2D eigenvalue weighted by atomic mass is 16.4. The van der Waals surface area contributed by atoms with E-state index in [1.54, 1.807) is 4.90 Å². The molecule has 0 saturated carbocycles. The Morgan fingerprint density at radius 1 is 1.45 bits per heavy atom. The summed E-state index contributed by atoms with van der Waals surface area (Å²) in [6.07, 6.45) is 2.36. The number of carboxylic acid groups (broad SMARTS) is 1. The fraction of sp³-hybridized carbons (Fsp3) is 0.667. The Bertz CT molecular complexity index is 501. The molecular formula is C12H19N5O3. The van der Waals surface area contributed by atoms with Crippen LogP contribution in [0.25, 0.3) is 0 Å². The molecule has 2 rings (SSSR count). The number of hydrogen-bond donors (Lipinski definition) is 1. The van der Waals surface area contributed by atoms with Crippen LogP contribution >= 0.6 is 0 Å². The third-order valence-electron chi connectivity index (χ3n) is 3.59. The van der Waals surface area contributed by atoms with Gasteiger partial charge in [-0.25, -0.2) is 4.68 Å². The monoisotopic (exact) mass is 281 g/mol. The maximum absolute atomic E-state index is 12.3. The molecule has 1 fully saturated rings. The van der Waals surface area contributed by atoms with E-state index in [9.17, 15) is 9.59 Å². The molecule has 110 valence electrons. The number of rotatable bonds is 4. The van der Waals surface area contributed by atoms with Crippen molar-refractivity contribution in [1.82, 2.24) is 24.8 Å². The number of carbonyl (C=O) groups is 2. The number of carboxylic acids is 1. The van der Waals surface area contributed by atoms with Crippen LogP contribution in [-0.2, 0) is 11.3 Å². The van der Waals surface area contributed by atoms with Gasteiger partial charge in [0.25, 0.3) is 5.91 Å². The maximum atomic E-state index is 12.3. The van der Waals surface area contributed by atoms with E-state index in [0.29, 0.717) is 19.1 Å². The second-order valence-corrected chi connectivity index (χ2v) is 4.99. The van der Waals surface area contributed by atoms with Crippen LogP contribution in [0.3, 0.4) is 0 Å². The summed E-state index contributed by atoms with van der Waals surface area (Å²) < 4.78 is 1.16. The molecular weight excluding hydrogens is 262 g/mol. The van der Waals surface area contributed by atoms with E-state index >= 15 is 0 Å². The van der Waals surface area contributed by atoms with Crippen LogP contribution in [0.5, 0.6) is 0 Å². The van der Waals surface area contributed by atoms with Crippen LogP contribution in [0.15, 0.2) is 6.20 Å². The van der Waals surface area contributed by atoms with Crippen molar-refractivity contribution in [2.75, 3.05) is 26.7 Å². The van der Waals surface area contributed by atoms with Gasteiger partial charge in [-0.05, 0) is 13.5 Å². The van der Waals surface area contributed by atoms with Crippen LogP contribution in [0.4, 0.5) is 0 Å². The van der Waals surface area contributed by atoms with E-state index in [1.807, 2.05) is 0 Å². The van der Waals surface area contributed by atoms with Gasteiger partial charge < -0.3 is 10.0 Å². The fourth-order valence-corrected chi connectivity index (χ4v) is 2.35. The number of likely N-dealkylation sites (N-methyl/N-ethyl adjacent to an activating group) is 1. The van der Waals surface area contributed by atoms with E-state index < -0.39 is 5.97 Å². The molecule has 1 aliphatic heterocycles. The molecule has 1 N–H and O–H groups in total. The van der Waals surface area contributed by atoms with Crippen molar-refractivity contribution in [3.63, 3.8) is 0 Å². The topological polar surface area (TPSA) is 91.6 Å². The second-order valence-electron chi connectivity index (χ2n) is 4.99. The minimum atomic E-state index is -1.01. The molecule has 1 unspecified atom stereocenters. The van der Waals surface area contributed by atoms with Gasteiger partial charge in [0.1, 0.15) is 6.54 Å². The average molecular weight is 281 g/mol. The quantitative estimate of drug-likeness (QED) is 0.802. The summed E-state index contributed by atoms with van der Waals surface area (Å²) in [5.74, 6) is -1.20. The minimum Gasteiger partial charge on any atom is -0.480 e. The van der Waals surface area contributed by atoms with Gasteiger partial charge in [0.15, 0.2) is 5.69 Å². The van der Waals surface area contributed by atoms with Gasteiger partial charge in [0.05, 0.1) is 6.20 Å². The normalized spacial score (nSPS) is 20.1. The highest BCUT2D eigenvalue weighted by Crippen LogP contribution is 2.13. The summed E-state index contributed by atoms with van der Waals surface area (Å²) in [5, 5.41) is 16.1. The number of nitrogens with zero attached hydrogens (tertiary/aromatic N) is 5. The predicted molar refractivity (Wildman–Crippen MR) is 70.3 cm³/mol. The van der Waals surface area contributed by atoms with Crippen LogP contribution in [-0.4, -0.2) is 74.5 Å². The van der Waals surface area contributed by atoms with Crippen LogP contribution in [0.2, 0.25) is 0 Å². The van der Waals surface area contributed by atoms with Gasteiger partial charge in [-0.1, -0.05) is 12.1 Å². The second kappa shape index (κ2) is 6.00. The Kier molecular flexibility index (Phi) is 4.33. The number of amides is 1. The van der Waals surface area contributed by atoms with Crippen molar-refractivity contribution in [1.29, 1.82) is 0 Å². The fourth-order valence-electron chi connectivity index (χ4n) is 2.35. The summed E-state index contributed by atoms with van der Waals surface area (Å²) in [5.41, 5.74) is 0.200. The highest BCUT2D eigenvalue weighted by molar-refractivity contribution is 5.92. The summed E-state index contributed by atoms with van der Waals surface area (Å²) >= 11 is 0. The van der Waals surface area contributed by atoms with Crippen molar-refractivity contribution in [2.24, 2.45) is 0 Å². The molecule has 8 heteroatoms. The van der Waals surface area contributed by atoms with E-state index in [0.717, 1.165) is 17.6 Å². The molecule has 1 aromatic heterocycles. The molecule has 0 spiro atoms. The number of hydrogen-bond acceptors (Lipinski definition) is 5. The first kappa shape index (κ1) is 14.4. The molecule has 1 amide bonds. The highest BCUT2D eigenvalue weighted by Gasteiger charge is 2.28. The maximum Gasteiger partial charge on any atom is 0.325 e. The molecule has 0 radical (unpaired) electrons. The molecule has 8 nitrogen and oxygen atoms in total. The SMILES string of the molecule is CCC1CN(C(=O)c2cn(CC(=O)O)nn2)CCN1C. The third-order valence-corrected chi connectivity index (χ3v) is 3.59. The zero-order valence-electron chi connectivity index (χ0n) is 11.7. The van der Waals surface area contributed by atoms with E-state index in [4.69, 9.17) is 5.11 Å². The molecule has 1 saturated heterocycles. The zero-order valence-corrected chi connectivity index (χ0v) is 11.7. The number of aromatic nitrogens is 3. The van der Waals surface area contributed by atoms with Crippen molar-refractivity contribution in [2.45, 2.75) is 25.9 Å². The largest absolute Gasteiger partial charge is 0.480 e. The molecule has 0 aromatic carbocycles. The van der Waals surface area contributed by atoms with E-state index in [1.165, 1.54) is 6.20 Å². The Hall–Kier alpha value is -1.96.